The normalized spacial score (nSPS) is 19.0. The Morgan fingerprint density at radius 1 is 1.20 bits per heavy atom. The van der Waals surface area contributed by atoms with Crippen molar-refractivity contribution in [2.45, 2.75) is 38.4 Å². The maximum absolute atomic E-state index is 13.8. The van der Waals surface area contributed by atoms with Gasteiger partial charge in [-0.15, -0.1) is 0 Å². The number of aromatic nitrogens is 3. The van der Waals surface area contributed by atoms with E-state index in [4.69, 9.17) is 26.2 Å². The van der Waals surface area contributed by atoms with Gasteiger partial charge in [0.1, 0.15) is 29.4 Å². The van der Waals surface area contributed by atoms with Crippen molar-refractivity contribution in [3.8, 4) is 11.9 Å². The van der Waals surface area contributed by atoms with Gasteiger partial charge < -0.3 is 19.6 Å². The number of carboxylic acid groups (broad SMARTS) is 1. The van der Waals surface area contributed by atoms with Crippen LogP contribution >= 0.6 is 11.6 Å². The molecule has 1 fully saturated rings. The monoisotopic (exact) mass is 437 g/mol. The van der Waals surface area contributed by atoms with Crippen LogP contribution in [0.3, 0.4) is 0 Å². The van der Waals surface area contributed by atoms with Crippen LogP contribution in [0.15, 0.2) is 24.3 Å². The standard InChI is InChI=1S/C20H18ClF2N3O4/c21-13-8-16-17(25-18(13)29-9-12-14(22)2-1-3-15(12)23)26-20(24-16)30-11-6-4-10(5-7-11)19(27)28/h1-3,8,10-11H,4-7,9H2,(H,27,28)(H,24,25,26). The van der Waals surface area contributed by atoms with E-state index < -0.39 is 17.6 Å². The summed E-state index contributed by atoms with van der Waals surface area (Å²) in [7, 11) is 0. The van der Waals surface area contributed by atoms with Crippen molar-refractivity contribution in [3.05, 3.63) is 46.5 Å². The van der Waals surface area contributed by atoms with E-state index in [1.54, 1.807) is 0 Å². The number of hydrogen-bond donors (Lipinski definition) is 2. The highest BCUT2D eigenvalue weighted by atomic mass is 35.5. The molecule has 0 unspecified atom stereocenters. The molecular formula is C20H18ClF2N3O4. The first-order valence-electron chi connectivity index (χ1n) is 9.42. The Labute approximate surface area is 175 Å². The summed E-state index contributed by atoms with van der Waals surface area (Å²) in [6.07, 6.45) is 2.19. The van der Waals surface area contributed by atoms with E-state index in [1.165, 1.54) is 12.1 Å². The fourth-order valence-electron chi connectivity index (χ4n) is 3.43. The minimum absolute atomic E-state index is 0.00756. The van der Waals surface area contributed by atoms with Crippen molar-refractivity contribution in [2.24, 2.45) is 5.92 Å². The highest BCUT2D eigenvalue weighted by molar-refractivity contribution is 6.32. The molecule has 10 heteroatoms. The van der Waals surface area contributed by atoms with Crippen molar-refractivity contribution in [1.82, 2.24) is 15.0 Å². The molecule has 0 aliphatic heterocycles. The number of halogens is 3. The number of H-pyrrole nitrogens is 1. The van der Waals surface area contributed by atoms with Crippen LogP contribution in [0.25, 0.3) is 11.2 Å². The fourth-order valence-corrected chi connectivity index (χ4v) is 3.64. The molecule has 2 heterocycles. The van der Waals surface area contributed by atoms with Crippen molar-refractivity contribution < 1.29 is 28.2 Å². The highest BCUT2D eigenvalue weighted by Gasteiger charge is 2.27. The Kier molecular flexibility index (Phi) is 5.72. The SMILES string of the molecule is O=C(O)C1CCC(Oc2nc3nc(OCc4c(F)cccc4F)c(Cl)cc3[nH]2)CC1. The molecule has 1 aliphatic carbocycles. The average Bonchev–Trinajstić information content (AvgIpc) is 3.08. The summed E-state index contributed by atoms with van der Waals surface area (Å²) in [6.45, 7) is -0.378. The number of hydrogen-bond acceptors (Lipinski definition) is 5. The first kappa shape index (κ1) is 20.3. The minimum atomic E-state index is -0.779. The van der Waals surface area contributed by atoms with E-state index in [2.05, 4.69) is 15.0 Å². The third-order valence-electron chi connectivity index (χ3n) is 5.09. The van der Waals surface area contributed by atoms with Crippen LogP contribution in [-0.4, -0.2) is 32.1 Å². The van der Waals surface area contributed by atoms with Gasteiger partial charge in [-0.25, -0.2) is 8.78 Å². The predicted molar refractivity (Wildman–Crippen MR) is 104 cm³/mol. The zero-order valence-electron chi connectivity index (χ0n) is 15.7. The van der Waals surface area contributed by atoms with Gasteiger partial charge in [0.15, 0.2) is 5.65 Å². The maximum atomic E-state index is 13.8. The molecule has 0 bridgehead atoms. The summed E-state index contributed by atoms with van der Waals surface area (Å²) in [6, 6.07) is 5.33. The largest absolute Gasteiger partial charge is 0.481 e. The van der Waals surface area contributed by atoms with Gasteiger partial charge in [0, 0.05) is 0 Å². The maximum Gasteiger partial charge on any atom is 0.306 e. The predicted octanol–water partition coefficient (Wildman–Crippen LogP) is 4.49. The van der Waals surface area contributed by atoms with Gasteiger partial charge in [-0.3, -0.25) is 4.79 Å². The lowest BCUT2D eigenvalue weighted by atomic mass is 9.87. The molecule has 2 aromatic heterocycles. The first-order chi connectivity index (χ1) is 14.4. The lowest BCUT2D eigenvalue weighted by Crippen LogP contribution is -2.28. The number of carbonyl (C=O) groups is 1. The van der Waals surface area contributed by atoms with Crippen LogP contribution < -0.4 is 9.47 Å². The molecule has 1 saturated carbocycles. The molecule has 0 amide bonds. The Morgan fingerprint density at radius 3 is 2.57 bits per heavy atom. The summed E-state index contributed by atoms with van der Waals surface area (Å²) < 4.78 is 38.8. The van der Waals surface area contributed by atoms with E-state index in [-0.39, 0.29) is 46.8 Å². The van der Waals surface area contributed by atoms with Gasteiger partial charge in [0.2, 0.25) is 5.88 Å². The number of imidazole rings is 1. The van der Waals surface area contributed by atoms with Gasteiger partial charge >= 0.3 is 5.97 Å². The Hall–Kier alpha value is -2.94. The number of ether oxygens (including phenoxy) is 2. The van der Waals surface area contributed by atoms with E-state index in [0.717, 1.165) is 12.1 Å². The summed E-state index contributed by atoms with van der Waals surface area (Å²) in [4.78, 5) is 22.5. The van der Waals surface area contributed by atoms with Crippen LogP contribution in [0.1, 0.15) is 31.2 Å². The molecule has 0 radical (unpaired) electrons. The molecule has 0 atom stereocenters. The fraction of sp³-hybridized carbons (Fsp3) is 0.350. The molecule has 4 rings (SSSR count). The molecule has 30 heavy (non-hydrogen) atoms. The first-order valence-corrected chi connectivity index (χ1v) is 9.80. The van der Waals surface area contributed by atoms with E-state index in [9.17, 15) is 13.6 Å². The quantitative estimate of drug-likeness (QED) is 0.589. The number of pyridine rings is 1. The van der Waals surface area contributed by atoms with Gasteiger partial charge in [0.25, 0.3) is 6.01 Å². The number of nitrogens with zero attached hydrogens (tertiary/aromatic N) is 2. The van der Waals surface area contributed by atoms with Gasteiger partial charge in [-0.2, -0.15) is 9.97 Å². The third-order valence-corrected chi connectivity index (χ3v) is 5.36. The molecule has 3 aromatic rings. The minimum Gasteiger partial charge on any atom is -0.481 e. The second-order valence-electron chi connectivity index (χ2n) is 7.11. The van der Waals surface area contributed by atoms with Crippen LogP contribution in [0.4, 0.5) is 8.78 Å². The Balaban J connectivity index is 1.46. The van der Waals surface area contributed by atoms with Crippen molar-refractivity contribution >= 4 is 28.7 Å². The number of carboxylic acids is 1. The van der Waals surface area contributed by atoms with Crippen molar-refractivity contribution in [2.75, 3.05) is 0 Å². The van der Waals surface area contributed by atoms with Gasteiger partial charge in [0.05, 0.1) is 17.0 Å². The molecule has 158 valence electrons. The second-order valence-corrected chi connectivity index (χ2v) is 7.51. The molecule has 0 spiro atoms. The lowest BCUT2D eigenvalue weighted by molar-refractivity contribution is -0.143. The molecular weight excluding hydrogens is 420 g/mol. The summed E-state index contributed by atoms with van der Waals surface area (Å²) >= 11 is 6.18. The summed E-state index contributed by atoms with van der Waals surface area (Å²) in [5, 5.41) is 9.22. The smallest absolute Gasteiger partial charge is 0.306 e. The zero-order valence-corrected chi connectivity index (χ0v) is 16.5. The number of rotatable bonds is 6. The van der Waals surface area contributed by atoms with Crippen molar-refractivity contribution in [3.63, 3.8) is 0 Å². The summed E-state index contributed by atoms with van der Waals surface area (Å²) in [5.74, 6) is -2.56. The molecule has 7 nitrogen and oxygen atoms in total. The number of fused-ring (bicyclic) bond motifs is 1. The van der Waals surface area contributed by atoms with Crippen molar-refractivity contribution in [1.29, 1.82) is 0 Å². The van der Waals surface area contributed by atoms with Gasteiger partial charge in [-0.1, -0.05) is 17.7 Å². The molecule has 0 saturated heterocycles. The lowest BCUT2D eigenvalue weighted by Gasteiger charge is -2.25. The number of aliphatic carboxylic acids is 1. The van der Waals surface area contributed by atoms with E-state index >= 15 is 0 Å². The molecule has 1 aromatic carbocycles. The molecule has 2 N–H and O–H groups in total. The molecule has 1 aliphatic rings. The zero-order chi connectivity index (χ0) is 21.3. The van der Waals surface area contributed by atoms with E-state index in [0.29, 0.717) is 31.2 Å². The van der Waals surface area contributed by atoms with Crippen LogP contribution in [0, 0.1) is 17.6 Å². The number of aromatic amines is 1. The Bertz CT molecular complexity index is 1060. The summed E-state index contributed by atoms with van der Waals surface area (Å²) in [5.41, 5.74) is 0.565. The van der Waals surface area contributed by atoms with Gasteiger partial charge in [-0.05, 0) is 43.9 Å². The van der Waals surface area contributed by atoms with Crippen LogP contribution in [0.5, 0.6) is 11.9 Å². The number of nitrogens with one attached hydrogen (secondary N) is 1. The topological polar surface area (TPSA) is 97.3 Å². The van der Waals surface area contributed by atoms with Crippen LogP contribution in [0.2, 0.25) is 5.02 Å². The highest BCUT2D eigenvalue weighted by Crippen LogP contribution is 2.30. The average molecular weight is 438 g/mol. The van der Waals surface area contributed by atoms with Crippen LogP contribution in [-0.2, 0) is 11.4 Å². The second kappa shape index (κ2) is 8.43. The Morgan fingerprint density at radius 2 is 1.90 bits per heavy atom. The van der Waals surface area contributed by atoms with E-state index in [1.807, 2.05) is 0 Å². The number of benzene rings is 1. The third kappa shape index (κ3) is 4.30.